The average molecular weight is 448 g/mol. The second kappa shape index (κ2) is 9.46. The van der Waals surface area contributed by atoms with Gasteiger partial charge >= 0.3 is 6.18 Å². The highest BCUT2D eigenvalue weighted by Gasteiger charge is 2.34. The summed E-state index contributed by atoms with van der Waals surface area (Å²) in [5, 5.41) is 4.61. The second-order valence-corrected chi connectivity index (χ2v) is 6.59. The maximum atomic E-state index is 13.6. The van der Waals surface area contributed by atoms with Gasteiger partial charge in [-0.3, -0.25) is 9.59 Å². The molecule has 10 heteroatoms. The van der Waals surface area contributed by atoms with Crippen LogP contribution in [0.1, 0.15) is 21.7 Å². The topological polar surface area (TPSA) is 89.8 Å². The number of halogens is 3. The Hall–Kier alpha value is -3.95. The molecule has 1 aromatic heterocycles. The van der Waals surface area contributed by atoms with Crippen molar-refractivity contribution in [3.63, 3.8) is 0 Å². The van der Waals surface area contributed by atoms with Crippen molar-refractivity contribution < 1.29 is 36.7 Å². The Morgan fingerprint density at radius 3 is 2.41 bits per heavy atom. The zero-order valence-corrected chi connectivity index (χ0v) is 17.1. The van der Waals surface area contributed by atoms with E-state index < -0.39 is 29.2 Å². The first-order valence-electron chi connectivity index (χ1n) is 9.28. The lowest BCUT2D eigenvalue weighted by atomic mass is 10.1. The highest BCUT2D eigenvalue weighted by Crippen LogP contribution is 2.37. The van der Waals surface area contributed by atoms with Crippen LogP contribution in [0.25, 0.3) is 0 Å². The van der Waals surface area contributed by atoms with Gasteiger partial charge in [0.05, 0.1) is 38.2 Å². The van der Waals surface area contributed by atoms with Crippen molar-refractivity contribution in [3.8, 4) is 11.5 Å². The Bertz CT molecular complexity index is 1110. The van der Waals surface area contributed by atoms with E-state index in [1.807, 2.05) is 0 Å². The molecular weight excluding hydrogens is 429 g/mol. The molecule has 0 atom stereocenters. The SMILES string of the molecule is COc1ccc(CC(=O)Nc2ccc(NC(=O)c3ccco3)cc2C(F)(F)F)c(OC)c1. The van der Waals surface area contributed by atoms with Crippen LogP contribution in [0.3, 0.4) is 0 Å². The van der Waals surface area contributed by atoms with E-state index in [-0.39, 0.29) is 17.9 Å². The van der Waals surface area contributed by atoms with Gasteiger partial charge in [-0.2, -0.15) is 13.2 Å². The van der Waals surface area contributed by atoms with Crippen molar-refractivity contribution in [3.05, 3.63) is 71.7 Å². The van der Waals surface area contributed by atoms with Crippen molar-refractivity contribution in [2.24, 2.45) is 0 Å². The van der Waals surface area contributed by atoms with E-state index in [0.29, 0.717) is 17.1 Å². The van der Waals surface area contributed by atoms with Crippen LogP contribution in [0.4, 0.5) is 24.5 Å². The first kappa shape index (κ1) is 22.7. The number of alkyl halides is 3. The third kappa shape index (κ3) is 5.39. The lowest BCUT2D eigenvalue weighted by Crippen LogP contribution is -2.19. The van der Waals surface area contributed by atoms with Crippen molar-refractivity contribution in [2.75, 3.05) is 24.9 Å². The number of hydrogen-bond acceptors (Lipinski definition) is 5. The fourth-order valence-electron chi connectivity index (χ4n) is 2.93. The monoisotopic (exact) mass is 448 g/mol. The minimum atomic E-state index is -4.77. The van der Waals surface area contributed by atoms with Crippen LogP contribution in [0.15, 0.2) is 59.2 Å². The van der Waals surface area contributed by atoms with Gasteiger partial charge < -0.3 is 24.5 Å². The molecule has 2 N–H and O–H groups in total. The summed E-state index contributed by atoms with van der Waals surface area (Å²) in [5.41, 5.74) is -1.17. The van der Waals surface area contributed by atoms with E-state index in [1.54, 1.807) is 18.2 Å². The predicted octanol–water partition coefficient (Wildman–Crippen LogP) is 4.75. The minimum Gasteiger partial charge on any atom is -0.497 e. The van der Waals surface area contributed by atoms with Gasteiger partial charge in [-0.15, -0.1) is 0 Å². The molecule has 2 aromatic carbocycles. The third-order valence-electron chi connectivity index (χ3n) is 4.45. The van der Waals surface area contributed by atoms with E-state index in [1.165, 1.54) is 38.7 Å². The van der Waals surface area contributed by atoms with Gasteiger partial charge in [0.15, 0.2) is 5.76 Å². The molecule has 3 aromatic rings. The molecule has 1 heterocycles. The number of methoxy groups -OCH3 is 2. The van der Waals surface area contributed by atoms with E-state index >= 15 is 0 Å². The van der Waals surface area contributed by atoms with Gasteiger partial charge in [-0.25, -0.2) is 0 Å². The minimum absolute atomic E-state index is 0.0515. The van der Waals surface area contributed by atoms with E-state index in [4.69, 9.17) is 13.9 Å². The predicted molar refractivity (Wildman–Crippen MR) is 110 cm³/mol. The Morgan fingerprint density at radius 2 is 1.78 bits per heavy atom. The maximum Gasteiger partial charge on any atom is 0.418 e. The normalized spacial score (nSPS) is 11.0. The Morgan fingerprint density at radius 1 is 1.00 bits per heavy atom. The summed E-state index contributed by atoms with van der Waals surface area (Å²) in [5.74, 6) is -0.550. The number of rotatable bonds is 7. The molecule has 0 saturated heterocycles. The summed E-state index contributed by atoms with van der Waals surface area (Å²) < 4.78 is 56.0. The van der Waals surface area contributed by atoms with Crippen LogP contribution in [-0.2, 0) is 17.4 Å². The molecule has 0 aliphatic heterocycles. The summed E-state index contributed by atoms with van der Waals surface area (Å²) in [6.45, 7) is 0. The molecule has 0 fully saturated rings. The number of carbonyl (C=O) groups is 2. The molecular formula is C22H19F3N2O5. The number of benzene rings is 2. The molecule has 0 spiro atoms. The quantitative estimate of drug-likeness (QED) is 0.545. The first-order valence-corrected chi connectivity index (χ1v) is 9.28. The van der Waals surface area contributed by atoms with Crippen molar-refractivity contribution in [1.29, 1.82) is 0 Å². The van der Waals surface area contributed by atoms with Gasteiger partial charge in [0.25, 0.3) is 5.91 Å². The number of nitrogens with one attached hydrogen (secondary N) is 2. The van der Waals surface area contributed by atoms with E-state index in [0.717, 1.165) is 12.1 Å². The van der Waals surface area contributed by atoms with Gasteiger partial charge in [0, 0.05) is 17.3 Å². The number of anilines is 2. The Balaban J connectivity index is 1.79. The van der Waals surface area contributed by atoms with Crippen molar-refractivity contribution in [2.45, 2.75) is 12.6 Å². The smallest absolute Gasteiger partial charge is 0.418 e. The van der Waals surface area contributed by atoms with Crippen molar-refractivity contribution >= 4 is 23.2 Å². The summed E-state index contributed by atoms with van der Waals surface area (Å²) >= 11 is 0. The average Bonchev–Trinajstić information content (AvgIpc) is 3.29. The molecule has 0 saturated carbocycles. The number of carbonyl (C=O) groups excluding carboxylic acids is 2. The summed E-state index contributed by atoms with van der Waals surface area (Å²) in [4.78, 5) is 24.5. The summed E-state index contributed by atoms with van der Waals surface area (Å²) in [6, 6.07) is 10.7. The molecule has 168 valence electrons. The van der Waals surface area contributed by atoms with Crippen LogP contribution in [0, 0.1) is 0 Å². The lowest BCUT2D eigenvalue weighted by Gasteiger charge is -2.16. The largest absolute Gasteiger partial charge is 0.497 e. The molecule has 7 nitrogen and oxygen atoms in total. The van der Waals surface area contributed by atoms with Crippen LogP contribution in [-0.4, -0.2) is 26.0 Å². The third-order valence-corrected chi connectivity index (χ3v) is 4.45. The number of ether oxygens (including phenoxy) is 2. The standard InChI is InChI=1S/C22H19F3N2O5/c1-30-15-7-5-13(19(12-15)31-2)10-20(28)27-17-8-6-14(11-16(17)22(23,24)25)26-21(29)18-4-3-9-32-18/h3-9,11-12H,10H2,1-2H3,(H,26,29)(H,27,28). The molecule has 0 bridgehead atoms. The van der Waals surface area contributed by atoms with Gasteiger partial charge in [-0.1, -0.05) is 6.07 Å². The number of hydrogen-bond donors (Lipinski definition) is 2. The Labute approximate surface area is 181 Å². The van der Waals surface area contributed by atoms with Crippen LogP contribution in [0.5, 0.6) is 11.5 Å². The lowest BCUT2D eigenvalue weighted by molar-refractivity contribution is -0.136. The maximum absolute atomic E-state index is 13.6. The molecule has 32 heavy (non-hydrogen) atoms. The van der Waals surface area contributed by atoms with E-state index in [9.17, 15) is 22.8 Å². The number of amides is 2. The van der Waals surface area contributed by atoms with Crippen molar-refractivity contribution in [1.82, 2.24) is 0 Å². The number of furan rings is 1. The highest BCUT2D eigenvalue weighted by molar-refractivity contribution is 6.02. The van der Waals surface area contributed by atoms with Gasteiger partial charge in [0.2, 0.25) is 5.91 Å². The molecule has 3 rings (SSSR count). The fourth-order valence-corrected chi connectivity index (χ4v) is 2.93. The van der Waals surface area contributed by atoms with E-state index in [2.05, 4.69) is 10.6 Å². The summed E-state index contributed by atoms with van der Waals surface area (Å²) in [7, 11) is 2.88. The summed E-state index contributed by atoms with van der Waals surface area (Å²) in [6.07, 6.45) is -3.72. The molecule has 0 aliphatic rings. The molecule has 0 radical (unpaired) electrons. The molecule has 0 unspecified atom stereocenters. The van der Waals surface area contributed by atoms with Gasteiger partial charge in [0.1, 0.15) is 11.5 Å². The zero-order valence-electron chi connectivity index (χ0n) is 17.1. The Kier molecular flexibility index (Phi) is 6.72. The molecule has 2 amide bonds. The van der Waals surface area contributed by atoms with Gasteiger partial charge in [-0.05, 0) is 36.4 Å². The first-order chi connectivity index (χ1) is 15.2. The zero-order chi connectivity index (χ0) is 23.3. The fraction of sp³-hybridized carbons (Fsp3) is 0.182. The van der Waals surface area contributed by atoms with Crippen LogP contribution >= 0.6 is 0 Å². The van der Waals surface area contributed by atoms with Crippen LogP contribution < -0.4 is 20.1 Å². The second-order valence-electron chi connectivity index (χ2n) is 6.59. The highest BCUT2D eigenvalue weighted by atomic mass is 19.4. The molecule has 0 aliphatic carbocycles. The van der Waals surface area contributed by atoms with Crippen LogP contribution in [0.2, 0.25) is 0 Å².